The van der Waals surface area contributed by atoms with Crippen molar-refractivity contribution in [1.29, 1.82) is 0 Å². The van der Waals surface area contributed by atoms with Gasteiger partial charge >= 0.3 is 0 Å². The molecule has 0 atom stereocenters. The van der Waals surface area contributed by atoms with Crippen LogP contribution < -0.4 is 0 Å². The van der Waals surface area contributed by atoms with Crippen LogP contribution in [0.5, 0.6) is 0 Å². The standard InChI is InChI=1S/C6H7N3/c1-5(2)6-8-3-7-4-9-6/h3-4H,1H2,2H3. The van der Waals surface area contributed by atoms with Gasteiger partial charge in [0.2, 0.25) is 0 Å². The second-order valence-electron chi connectivity index (χ2n) is 1.74. The number of allylic oxidation sites excluding steroid dienone is 1. The highest BCUT2D eigenvalue weighted by molar-refractivity contribution is 5.53. The summed E-state index contributed by atoms with van der Waals surface area (Å²) >= 11 is 0. The van der Waals surface area contributed by atoms with Crippen molar-refractivity contribution in [3.8, 4) is 0 Å². The van der Waals surface area contributed by atoms with Gasteiger partial charge in [0, 0.05) is 0 Å². The Balaban J connectivity index is 2.98. The van der Waals surface area contributed by atoms with Gasteiger partial charge in [0.05, 0.1) is 0 Å². The summed E-state index contributed by atoms with van der Waals surface area (Å²) in [5.74, 6) is 0.657. The molecule has 1 aromatic heterocycles. The summed E-state index contributed by atoms with van der Waals surface area (Å²) < 4.78 is 0. The van der Waals surface area contributed by atoms with Gasteiger partial charge in [0.1, 0.15) is 12.7 Å². The largest absolute Gasteiger partial charge is 0.225 e. The van der Waals surface area contributed by atoms with Gasteiger partial charge in [-0.3, -0.25) is 0 Å². The number of aromatic nitrogens is 3. The normalized spacial score (nSPS) is 9.00. The fourth-order valence-electron chi connectivity index (χ4n) is 0.460. The molecule has 0 unspecified atom stereocenters. The molecule has 0 bridgehead atoms. The predicted molar refractivity (Wildman–Crippen MR) is 34.5 cm³/mol. The topological polar surface area (TPSA) is 38.7 Å². The number of hydrogen-bond donors (Lipinski definition) is 0. The van der Waals surface area contributed by atoms with Crippen molar-refractivity contribution < 1.29 is 0 Å². The average Bonchev–Trinajstić information content (AvgIpc) is 1.90. The van der Waals surface area contributed by atoms with E-state index in [1.807, 2.05) is 6.92 Å². The van der Waals surface area contributed by atoms with E-state index < -0.39 is 0 Å². The molecule has 3 heteroatoms. The molecule has 0 aromatic carbocycles. The van der Waals surface area contributed by atoms with Crippen LogP contribution in [-0.4, -0.2) is 15.0 Å². The second-order valence-corrected chi connectivity index (χ2v) is 1.74. The fourth-order valence-corrected chi connectivity index (χ4v) is 0.460. The molecule has 0 amide bonds. The summed E-state index contributed by atoms with van der Waals surface area (Å²) in [5.41, 5.74) is 0.859. The zero-order valence-corrected chi connectivity index (χ0v) is 5.20. The molecule has 0 aliphatic rings. The highest BCUT2D eigenvalue weighted by atomic mass is 15.0. The van der Waals surface area contributed by atoms with E-state index in [2.05, 4.69) is 21.5 Å². The Kier molecular flexibility index (Phi) is 1.53. The predicted octanol–water partition coefficient (Wildman–Crippen LogP) is 0.905. The van der Waals surface area contributed by atoms with Gasteiger partial charge in [0.25, 0.3) is 0 Å². The van der Waals surface area contributed by atoms with Crippen LogP contribution in [0.15, 0.2) is 19.2 Å². The van der Waals surface area contributed by atoms with Crippen LogP contribution >= 0.6 is 0 Å². The Morgan fingerprint density at radius 2 is 2.00 bits per heavy atom. The van der Waals surface area contributed by atoms with E-state index in [-0.39, 0.29) is 0 Å². The minimum Gasteiger partial charge on any atom is -0.225 e. The van der Waals surface area contributed by atoms with Crippen molar-refractivity contribution in [2.45, 2.75) is 6.92 Å². The highest BCUT2D eigenvalue weighted by Crippen LogP contribution is 1.99. The smallest absolute Gasteiger partial charge is 0.157 e. The molecule has 0 radical (unpaired) electrons. The fraction of sp³-hybridized carbons (Fsp3) is 0.167. The Morgan fingerprint density at radius 3 is 2.33 bits per heavy atom. The van der Waals surface area contributed by atoms with Crippen molar-refractivity contribution in [2.24, 2.45) is 0 Å². The molecule has 0 N–H and O–H groups in total. The van der Waals surface area contributed by atoms with Crippen LogP contribution in [0.1, 0.15) is 12.7 Å². The lowest BCUT2D eigenvalue weighted by atomic mass is 10.3. The summed E-state index contributed by atoms with van der Waals surface area (Å²) in [6, 6.07) is 0. The van der Waals surface area contributed by atoms with Crippen LogP contribution in [0.2, 0.25) is 0 Å². The lowest BCUT2D eigenvalue weighted by Crippen LogP contribution is -1.89. The third kappa shape index (κ3) is 1.32. The quantitative estimate of drug-likeness (QED) is 0.554. The molecule has 0 spiro atoms. The van der Waals surface area contributed by atoms with Crippen molar-refractivity contribution in [2.75, 3.05) is 0 Å². The molecule has 1 heterocycles. The summed E-state index contributed by atoms with van der Waals surface area (Å²) in [5, 5.41) is 0. The lowest BCUT2D eigenvalue weighted by molar-refractivity contribution is 1.01. The van der Waals surface area contributed by atoms with Crippen molar-refractivity contribution in [3.05, 3.63) is 25.1 Å². The second kappa shape index (κ2) is 2.35. The van der Waals surface area contributed by atoms with Crippen molar-refractivity contribution in [1.82, 2.24) is 15.0 Å². The molecule has 0 aliphatic heterocycles. The SMILES string of the molecule is C=C(C)c1ncncn1. The zero-order valence-electron chi connectivity index (χ0n) is 5.20. The van der Waals surface area contributed by atoms with Gasteiger partial charge in [-0.15, -0.1) is 0 Å². The number of nitrogens with zero attached hydrogens (tertiary/aromatic N) is 3. The maximum Gasteiger partial charge on any atom is 0.157 e. The summed E-state index contributed by atoms with van der Waals surface area (Å²) in [6.07, 6.45) is 2.91. The minimum atomic E-state index is 0.657. The molecule has 9 heavy (non-hydrogen) atoms. The van der Waals surface area contributed by atoms with E-state index in [1.165, 1.54) is 12.7 Å². The van der Waals surface area contributed by atoms with Gasteiger partial charge in [-0.2, -0.15) is 0 Å². The molecule has 46 valence electrons. The Bertz CT molecular complexity index is 205. The van der Waals surface area contributed by atoms with Crippen LogP contribution in [0.4, 0.5) is 0 Å². The van der Waals surface area contributed by atoms with Gasteiger partial charge < -0.3 is 0 Å². The van der Waals surface area contributed by atoms with Crippen LogP contribution in [0.25, 0.3) is 5.57 Å². The minimum absolute atomic E-state index is 0.657. The first-order chi connectivity index (χ1) is 4.30. The molecule has 0 fully saturated rings. The van der Waals surface area contributed by atoms with E-state index in [1.54, 1.807) is 0 Å². The molecule has 1 aromatic rings. The maximum atomic E-state index is 3.86. The van der Waals surface area contributed by atoms with Gasteiger partial charge in [-0.25, -0.2) is 15.0 Å². The zero-order chi connectivity index (χ0) is 6.69. The van der Waals surface area contributed by atoms with Crippen molar-refractivity contribution >= 4 is 5.57 Å². The average molecular weight is 121 g/mol. The monoisotopic (exact) mass is 121 g/mol. The van der Waals surface area contributed by atoms with Crippen LogP contribution in [0, 0.1) is 0 Å². The van der Waals surface area contributed by atoms with E-state index >= 15 is 0 Å². The molecule has 0 aliphatic carbocycles. The third-order valence-corrected chi connectivity index (χ3v) is 0.875. The molecular formula is C6H7N3. The first-order valence-electron chi connectivity index (χ1n) is 2.58. The summed E-state index contributed by atoms with van der Waals surface area (Å²) in [7, 11) is 0. The van der Waals surface area contributed by atoms with Gasteiger partial charge in [-0.1, -0.05) is 6.58 Å². The first kappa shape index (κ1) is 5.88. The molecule has 1 rings (SSSR count). The van der Waals surface area contributed by atoms with Crippen LogP contribution in [-0.2, 0) is 0 Å². The summed E-state index contributed by atoms with van der Waals surface area (Å²) in [4.78, 5) is 11.4. The van der Waals surface area contributed by atoms with Gasteiger partial charge in [-0.05, 0) is 12.5 Å². The summed E-state index contributed by atoms with van der Waals surface area (Å²) in [6.45, 7) is 5.53. The first-order valence-corrected chi connectivity index (χ1v) is 2.58. The van der Waals surface area contributed by atoms with Crippen LogP contribution in [0.3, 0.4) is 0 Å². The Hall–Kier alpha value is -1.25. The van der Waals surface area contributed by atoms with E-state index in [9.17, 15) is 0 Å². The molecule has 3 nitrogen and oxygen atoms in total. The van der Waals surface area contributed by atoms with Crippen molar-refractivity contribution in [3.63, 3.8) is 0 Å². The molecule has 0 saturated carbocycles. The Morgan fingerprint density at radius 1 is 1.44 bits per heavy atom. The Labute approximate surface area is 53.5 Å². The number of rotatable bonds is 1. The van der Waals surface area contributed by atoms with Gasteiger partial charge in [0.15, 0.2) is 5.82 Å². The number of hydrogen-bond acceptors (Lipinski definition) is 3. The highest BCUT2D eigenvalue weighted by Gasteiger charge is 1.90. The van der Waals surface area contributed by atoms with E-state index in [4.69, 9.17) is 0 Å². The maximum absolute atomic E-state index is 3.86. The molecular weight excluding hydrogens is 114 g/mol. The molecule has 0 saturated heterocycles. The van der Waals surface area contributed by atoms with E-state index in [0.29, 0.717) is 5.82 Å². The third-order valence-electron chi connectivity index (χ3n) is 0.875. The lowest BCUT2D eigenvalue weighted by Gasteiger charge is -1.91. The van der Waals surface area contributed by atoms with E-state index in [0.717, 1.165) is 5.57 Å².